The van der Waals surface area contributed by atoms with Crippen molar-refractivity contribution in [2.75, 3.05) is 39.5 Å². The third kappa shape index (κ3) is 6.24. The molecule has 2 heterocycles. The van der Waals surface area contributed by atoms with E-state index in [1.54, 1.807) is 29.4 Å². The molecular weight excluding hydrogens is 372 g/mol. The van der Waals surface area contributed by atoms with E-state index in [0.29, 0.717) is 48.7 Å². The molecular formula is C20H30N6O3. The van der Waals surface area contributed by atoms with E-state index < -0.39 is 5.60 Å². The van der Waals surface area contributed by atoms with Gasteiger partial charge in [-0.05, 0) is 20.8 Å². The van der Waals surface area contributed by atoms with Gasteiger partial charge < -0.3 is 24.6 Å². The summed E-state index contributed by atoms with van der Waals surface area (Å²) in [4.78, 5) is 24.3. The fraction of sp³-hybridized carbons (Fsp3) is 0.600. The van der Waals surface area contributed by atoms with E-state index in [1.165, 1.54) is 0 Å². The van der Waals surface area contributed by atoms with Gasteiger partial charge in [-0.25, -0.2) is 14.8 Å². The summed E-state index contributed by atoms with van der Waals surface area (Å²) in [6, 6.07) is 2.18. The first-order chi connectivity index (χ1) is 13.6. The maximum absolute atomic E-state index is 12.2. The number of amides is 1. The fourth-order valence-corrected chi connectivity index (χ4v) is 2.81. The maximum atomic E-state index is 12.2. The van der Waals surface area contributed by atoms with Crippen LogP contribution in [-0.2, 0) is 4.74 Å². The molecule has 1 aromatic heterocycles. The predicted octanol–water partition coefficient (Wildman–Crippen LogP) is 2.99. The minimum absolute atomic E-state index is 0.136. The molecule has 1 aliphatic rings. The number of carbonyl (C=O) groups is 1. The molecule has 0 atom stereocenters. The van der Waals surface area contributed by atoms with E-state index in [0.717, 1.165) is 0 Å². The molecule has 29 heavy (non-hydrogen) atoms. The topological polar surface area (TPSA) is 103 Å². The molecule has 0 radical (unpaired) electrons. The standard InChI is InChI=1S/C20H30N6O3/c1-20(2,3)29-19(27)26-9-7-14(8-10-26)28-17-15(11-21)16(24-13-25(5)6)12-23-18(17)22-4/h12-14H,7-10H2,1-6H3,(H,22,23). The highest BCUT2D eigenvalue weighted by molar-refractivity contribution is 5.72. The number of anilines is 1. The molecule has 1 aromatic rings. The van der Waals surface area contributed by atoms with Gasteiger partial charge in [0.25, 0.3) is 0 Å². The van der Waals surface area contributed by atoms with Crippen LogP contribution in [0, 0.1) is 11.3 Å². The van der Waals surface area contributed by atoms with E-state index in [-0.39, 0.29) is 12.2 Å². The molecule has 1 amide bonds. The van der Waals surface area contributed by atoms with Crippen LogP contribution in [0.3, 0.4) is 0 Å². The number of carbonyl (C=O) groups excluding carboxylic acids is 1. The Labute approximate surface area is 172 Å². The van der Waals surface area contributed by atoms with E-state index >= 15 is 0 Å². The molecule has 0 aromatic carbocycles. The van der Waals surface area contributed by atoms with Gasteiger partial charge in [0.2, 0.25) is 0 Å². The zero-order valence-electron chi connectivity index (χ0n) is 18.0. The molecule has 0 spiro atoms. The van der Waals surface area contributed by atoms with Gasteiger partial charge in [0.15, 0.2) is 11.6 Å². The Morgan fingerprint density at radius 1 is 1.41 bits per heavy atom. The molecule has 1 N–H and O–H groups in total. The normalized spacial score (nSPS) is 15.1. The molecule has 9 nitrogen and oxygen atoms in total. The highest BCUT2D eigenvalue weighted by Gasteiger charge is 2.29. The predicted molar refractivity (Wildman–Crippen MR) is 112 cm³/mol. The van der Waals surface area contributed by atoms with Crippen LogP contribution in [0.2, 0.25) is 0 Å². The Morgan fingerprint density at radius 3 is 2.59 bits per heavy atom. The molecule has 1 aliphatic heterocycles. The number of aliphatic imine (C=N–C) groups is 1. The minimum atomic E-state index is -0.521. The van der Waals surface area contributed by atoms with Crippen molar-refractivity contribution in [2.45, 2.75) is 45.3 Å². The third-order valence-electron chi connectivity index (χ3n) is 4.17. The monoisotopic (exact) mass is 402 g/mol. The number of aromatic nitrogens is 1. The lowest BCUT2D eigenvalue weighted by molar-refractivity contribution is 0.0126. The van der Waals surface area contributed by atoms with Crippen molar-refractivity contribution in [1.29, 1.82) is 5.26 Å². The first-order valence-electron chi connectivity index (χ1n) is 9.60. The van der Waals surface area contributed by atoms with Crippen molar-refractivity contribution in [3.63, 3.8) is 0 Å². The number of likely N-dealkylation sites (tertiary alicyclic amines) is 1. The van der Waals surface area contributed by atoms with Crippen molar-refractivity contribution in [1.82, 2.24) is 14.8 Å². The fourth-order valence-electron chi connectivity index (χ4n) is 2.81. The van der Waals surface area contributed by atoms with Crippen LogP contribution in [0.5, 0.6) is 5.75 Å². The van der Waals surface area contributed by atoms with Crippen LogP contribution in [-0.4, -0.2) is 73.2 Å². The van der Waals surface area contributed by atoms with E-state index in [2.05, 4.69) is 21.4 Å². The smallest absolute Gasteiger partial charge is 0.410 e. The van der Waals surface area contributed by atoms with Crippen molar-refractivity contribution in [2.24, 2.45) is 4.99 Å². The largest absolute Gasteiger partial charge is 0.485 e. The summed E-state index contributed by atoms with van der Waals surface area (Å²) in [6.45, 7) is 6.61. The molecule has 1 fully saturated rings. The summed E-state index contributed by atoms with van der Waals surface area (Å²) >= 11 is 0. The Bertz CT molecular complexity index is 787. The van der Waals surface area contributed by atoms with Crippen molar-refractivity contribution in [3.8, 4) is 11.8 Å². The molecule has 0 saturated carbocycles. The third-order valence-corrected chi connectivity index (χ3v) is 4.17. The Balaban J connectivity index is 2.13. The summed E-state index contributed by atoms with van der Waals surface area (Å²) in [7, 11) is 5.42. The second kappa shape index (κ2) is 9.45. The first kappa shape index (κ1) is 22.3. The molecule has 0 unspecified atom stereocenters. The number of nitriles is 1. The van der Waals surface area contributed by atoms with E-state index in [4.69, 9.17) is 9.47 Å². The lowest BCUT2D eigenvalue weighted by atomic mass is 10.1. The van der Waals surface area contributed by atoms with Crippen molar-refractivity contribution in [3.05, 3.63) is 11.8 Å². The zero-order valence-corrected chi connectivity index (χ0v) is 18.0. The zero-order chi connectivity index (χ0) is 21.6. The quantitative estimate of drug-likeness (QED) is 0.596. The van der Waals surface area contributed by atoms with Gasteiger partial charge in [-0.1, -0.05) is 0 Å². The van der Waals surface area contributed by atoms with Crippen LogP contribution in [0.1, 0.15) is 39.2 Å². The van der Waals surface area contributed by atoms with Crippen LogP contribution in [0.25, 0.3) is 0 Å². The second-order valence-electron chi connectivity index (χ2n) is 8.05. The number of nitrogens with zero attached hydrogens (tertiary/aromatic N) is 5. The number of piperidine rings is 1. The number of rotatable bonds is 5. The van der Waals surface area contributed by atoms with Gasteiger partial charge in [-0.15, -0.1) is 0 Å². The van der Waals surface area contributed by atoms with Gasteiger partial charge in [-0.2, -0.15) is 5.26 Å². The van der Waals surface area contributed by atoms with Gasteiger partial charge in [0.1, 0.15) is 29.0 Å². The average molecular weight is 402 g/mol. The highest BCUT2D eigenvalue weighted by Crippen LogP contribution is 2.35. The molecule has 0 aliphatic carbocycles. The lowest BCUT2D eigenvalue weighted by Gasteiger charge is -2.33. The van der Waals surface area contributed by atoms with E-state index in [1.807, 2.05) is 34.9 Å². The summed E-state index contributed by atoms with van der Waals surface area (Å²) in [5.41, 5.74) is 0.255. The Hall–Kier alpha value is -3.02. The van der Waals surface area contributed by atoms with Crippen molar-refractivity contribution < 1.29 is 14.3 Å². The second-order valence-corrected chi connectivity index (χ2v) is 8.05. The average Bonchev–Trinajstić information content (AvgIpc) is 2.65. The number of ether oxygens (including phenoxy) is 2. The molecule has 1 saturated heterocycles. The molecule has 0 bridgehead atoms. The molecule has 2 rings (SSSR count). The summed E-state index contributed by atoms with van der Waals surface area (Å²) in [5, 5.41) is 12.7. The molecule has 9 heteroatoms. The first-order valence-corrected chi connectivity index (χ1v) is 9.60. The lowest BCUT2D eigenvalue weighted by Crippen LogP contribution is -2.44. The van der Waals surface area contributed by atoms with Crippen LogP contribution >= 0.6 is 0 Å². The Morgan fingerprint density at radius 2 is 2.07 bits per heavy atom. The number of hydrogen-bond donors (Lipinski definition) is 1. The van der Waals surface area contributed by atoms with Crippen LogP contribution < -0.4 is 10.1 Å². The van der Waals surface area contributed by atoms with Crippen LogP contribution in [0.15, 0.2) is 11.2 Å². The van der Waals surface area contributed by atoms with Gasteiger partial charge >= 0.3 is 6.09 Å². The molecule has 158 valence electrons. The van der Waals surface area contributed by atoms with Gasteiger partial charge in [0, 0.05) is 47.1 Å². The summed E-state index contributed by atoms with van der Waals surface area (Å²) < 4.78 is 11.6. The van der Waals surface area contributed by atoms with E-state index in [9.17, 15) is 10.1 Å². The maximum Gasteiger partial charge on any atom is 0.410 e. The summed E-state index contributed by atoms with van der Waals surface area (Å²) in [6.07, 6.45) is 3.98. The van der Waals surface area contributed by atoms with Crippen LogP contribution in [0.4, 0.5) is 16.3 Å². The Kier molecular flexibility index (Phi) is 7.26. The van der Waals surface area contributed by atoms with Crippen molar-refractivity contribution >= 4 is 23.9 Å². The number of hydrogen-bond acceptors (Lipinski definition) is 7. The highest BCUT2D eigenvalue weighted by atomic mass is 16.6. The van der Waals surface area contributed by atoms with Gasteiger partial charge in [-0.3, -0.25) is 0 Å². The SMILES string of the molecule is CNc1ncc(N=CN(C)C)c(C#N)c1OC1CCN(C(=O)OC(C)(C)C)CC1. The minimum Gasteiger partial charge on any atom is -0.485 e. The number of nitrogens with one attached hydrogen (secondary N) is 1. The number of pyridine rings is 1. The summed E-state index contributed by atoms with van der Waals surface area (Å²) in [5.74, 6) is 0.874. The van der Waals surface area contributed by atoms with Gasteiger partial charge in [0.05, 0.1) is 12.5 Å².